The fraction of sp³-hybridized carbons (Fsp3) is 1.00. The van der Waals surface area contributed by atoms with E-state index in [1.54, 1.807) is 0 Å². The molecule has 0 aromatic carbocycles. The summed E-state index contributed by atoms with van der Waals surface area (Å²) in [4.78, 5) is 0. The van der Waals surface area contributed by atoms with E-state index in [-0.39, 0.29) is 0 Å². The molecule has 6 N–H and O–H groups in total. The standard InChI is InChI=1S/C6H18N4.3ClH.Rh/c7-1-3-9-5-6-10-4-2-8;;;;/h9-10H,1-8H2;3*1H;/q;;;;+3/p-3. The van der Waals surface area contributed by atoms with Crippen LogP contribution in [0.25, 0.3) is 0 Å². The van der Waals surface area contributed by atoms with Gasteiger partial charge >= 0.3 is 42.1 Å². The Morgan fingerprint density at radius 3 is 1.29 bits per heavy atom. The second-order valence-corrected chi connectivity index (χ2v) is 9.68. The van der Waals surface area contributed by atoms with Crippen molar-refractivity contribution in [1.29, 1.82) is 0 Å². The summed E-state index contributed by atoms with van der Waals surface area (Å²) in [7, 11) is 14.8. The summed E-state index contributed by atoms with van der Waals surface area (Å²) in [5.74, 6) is 0. The van der Waals surface area contributed by atoms with Crippen LogP contribution in [0.2, 0.25) is 0 Å². The van der Waals surface area contributed by atoms with E-state index in [0.717, 1.165) is 26.2 Å². The number of hydrogen-bond acceptors (Lipinski definition) is 4. The van der Waals surface area contributed by atoms with Crippen molar-refractivity contribution < 1.29 is 13.0 Å². The van der Waals surface area contributed by atoms with E-state index in [4.69, 9.17) is 40.5 Å². The monoisotopic (exact) mass is 354 g/mol. The van der Waals surface area contributed by atoms with Crippen molar-refractivity contribution in [2.24, 2.45) is 11.5 Å². The van der Waals surface area contributed by atoms with Crippen LogP contribution in [0, 0.1) is 0 Å². The summed E-state index contributed by atoms with van der Waals surface area (Å²) in [5.41, 5.74) is 10.5. The van der Waals surface area contributed by atoms with Crippen molar-refractivity contribution in [3.63, 3.8) is 0 Å². The summed E-state index contributed by atoms with van der Waals surface area (Å²) in [6.45, 7) is 5.14. The molecular weight excluding hydrogens is 337 g/mol. The molecule has 0 heterocycles. The van der Waals surface area contributed by atoms with Gasteiger partial charge in [-0.05, 0) is 0 Å². The van der Waals surface area contributed by atoms with Crippen LogP contribution < -0.4 is 22.1 Å². The third kappa shape index (κ3) is 29.2. The van der Waals surface area contributed by atoms with Gasteiger partial charge in [-0.2, -0.15) is 0 Å². The third-order valence-corrected chi connectivity index (χ3v) is 1.12. The first-order valence-electron chi connectivity index (χ1n) is 4.11. The molecule has 8 heteroatoms. The zero-order valence-electron chi connectivity index (χ0n) is 7.86. The van der Waals surface area contributed by atoms with E-state index in [9.17, 15) is 0 Å². The molecule has 0 bridgehead atoms. The second-order valence-electron chi connectivity index (χ2n) is 2.22. The van der Waals surface area contributed by atoms with Gasteiger partial charge in [-0.15, -0.1) is 0 Å². The van der Waals surface area contributed by atoms with Crippen LogP contribution in [-0.2, 0) is 13.0 Å². The summed E-state index contributed by atoms with van der Waals surface area (Å²) < 4.78 is 0. The zero-order chi connectivity index (χ0) is 11.2. The average Bonchev–Trinajstić information content (AvgIpc) is 2.10. The van der Waals surface area contributed by atoms with Gasteiger partial charge in [-0.3, -0.25) is 0 Å². The number of rotatable bonds is 7. The van der Waals surface area contributed by atoms with E-state index in [0.29, 0.717) is 13.1 Å². The Morgan fingerprint density at radius 1 is 0.786 bits per heavy atom. The molecule has 0 fully saturated rings. The Morgan fingerprint density at radius 2 is 1.07 bits per heavy atom. The topological polar surface area (TPSA) is 76.1 Å². The van der Waals surface area contributed by atoms with E-state index < -0.39 is 13.0 Å². The first-order chi connectivity index (χ1) is 6.65. The number of halogens is 3. The van der Waals surface area contributed by atoms with E-state index in [1.807, 2.05) is 0 Å². The van der Waals surface area contributed by atoms with Crippen molar-refractivity contribution in [2.75, 3.05) is 39.3 Å². The van der Waals surface area contributed by atoms with Gasteiger partial charge in [0.05, 0.1) is 0 Å². The van der Waals surface area contributed by atoms with Crippen molar-refractivity contribution >= 4 is 29.1 Å². The van der Waals surface area contributed by atoms with Crippen LogP contribution in [0.15, 0.2) is 0 Å². The molecule has 0 aromatic heterocycles. The quantitative estimate of drug-likeness (QED) is 0.387. The van der Waals surface area contributed by atoms with Crippen LogP contribution in [0.1, 0.15) is 0 Å². The predicted molar refractivity (Wildman–Crippen MR) is 61.4 cm³/mol. The molecule has 0 saturated carbocycles. The van der Waals surface area contributed by atoms with E-state index >= 15 is 0 Å². The fourth-order valence-electron chi connectivity index (χ4n) is 0.631. The van der Waals surface area contributed by atoms with Crippen molar-refractivity contribution in [3.8, 4) is 0 Å². The first kappa shape index (κ1) is 17.7. The average molecular weight is 356 g/mol. The number of nitrogens with one attached hydrogen (secondary N) is 2. The number of nitrogens with two attached hydrogens (primary N) is 2. The van der Waals surface area contributed by atoms with Gasteiger partial charge in [-0.25, -0.2) is 0 Å². The minimum atomic E-state index is -1.66. The SMILES string of the molecule is NCCNCCNCCN.[Cl][Rh]([Cl])[Cl]. The van der Waals surface area contributed by atoms with Crippen LogP contribution in [0.5, 0.6) is 0 Å². The molecule has 0 amide bonds. The van der Waals surface area contributed by atoms with Gasteiger partial charge in [0, 0.05) is 39.3 Å². The molecule has 0 radical (unpaired) electrons. The molecule has 4 nitrogen and oxygen atoms in total. The molecular formula is C6H18Cl3N4Rh. The fourth-order valence-corrected chi connectivity index (χ4v) is 0.631. The van der Waals surface area contributed by atoms with Gasteiger partial charge in [0.25, 0.3) is 0 Å². The zero-order valence-corrected chi connectivity index (χ0v) is 11.8. The Labute approximate surface area is 103 Å². The van der Waals surface area contributed by atoms with Crippen LogP contribution in [0.3, 0.4) is 0 Å². The van der Waals surface area contributed by atoms with Gasteiger partial charge in [0.15, 0.2) is 0 Å². The molecule has 0 saturated heterocycles. The Kier molecular flexibility index (Phi) is 21.2. The van der Waals surface area contributed by atoms with Crippen LogP contribution in [-0.4, -0.2) is 39.3 Å². The molecule has 0 aliphatic heterocycles. The summed E-state index contributed by atoms with van der Waals surface area (Å²) in [6, 6.07) is 0. The maximum absolute atomic E-state index is 5.27. The molecule has 0 atom stereocenters. The molecule has 0 aliphatic carbocycles. The Hall–Kier alpha value is 1.33. The van der Waals surface area contributed by atoms with Gasteiger partial charge in [-0.1, -0.05) is 0 Å². The minimum absolute atomic E-state index is 0.705. The van der Waals surface area contributed by atoms with Crippen LogP contribution in [0.4, 0.5) is 0 Å². The maximum atomic E-state index is 5.27. The van der Waals surface area contributed by atoms with Crippen molar-refractivity contribution in [2.45, 2.75) is 0 Å². The summed E-state index contributed by atoms with van der Waals surface area (Å²) in [5, 5.41) is 6.33. The Bertz CT molecular complexity index is 88.4. The van der Waals surface area contributed by atoms with Gasteiger partial charge < -0.3 is 22.1 Å². The van der Waals surface area contributed by atoms with Gasteiger partial charge in [0.2, 0.25) is 0 Å². The Balaban J connectivity index is 0. The van der Waals surface area contributed by atoms with Crippen LogP contribution >= 0.6 is 29.1 Å². The van der Waals surface area contributed by atoms with Crippen molar-refractivity contribution in [3.05, 3.63) is 0 Å². The van der Waals surface area contributed by atoms with Crippen molar-refractivity contribution in [1.82, 2.24) is 10.6 Å². The molecule has 0 aliphatic rings. The summed E-state index contributed by atoms with van der Waals surface area (Å²) >= 11 is -1.66. The molecule has 0 aromatic rings. The third-order valence-electron chi connectivity index (χ3n) is 1.12. The summed E-state index contributed by atoms with van der Waals surface area (Å²) in [6.07, 6.45) is 0. The predicted octanol–water partition coefficient (Wildman–Crippen LogP) is 0.149. The molecule has 92 valence electrons. The molecule has 0 unspecified atom stereocenters. The second kappa shape index (κ2) is 16.8. The molecule has 14 heavy (non-hydrogen) atoms. The molecule has 0 spiro atoms. The first-order valence-corrected chi connectivity index (χ1v) is 10.4. The normalized spacial score (nSPS) is 10.5. The van der Waals surface area contributed by atoms with Gasteiger partial charge in [0.1, 0.15) is 0 Å². The van der Waals surface area contributed by atoms with E-state index in [1.165, 1.54) is 0 Å². The molecule has 0 rings (SSSR count). The van der Waals surface area contributed by atoms with E-state index in [2.05, 4.69) is 10.6 Å². The number of hydrogen-bond donors (Lipinski definition) is 4.